The van der Waals surface area contributed by atoms with Gasteiger partial charge >= 0.3 is 0 Å². The Hall–Kier alpha value is -2.80. The van der Waals surface area contributed by atoms with Crippen LogP contribution in [0.15, 0.2) is 42.9 Å². The second-order valence-corrected chi connectivity index (χ2v) is 7.68. The van der Waals surface area contributed by atoms with Gasteiger partial charge in [0.2, 0.25) is 5.91 Å². The van der Waals surface area contributed by atoms with Gasteiger partial charge in [0.15, 0.2) is 5.65 Å². The molecule has 4 heterocycles. The van der Waals surface area contributed by atoms with Gasteiger partial charge in [-0.25, -0.2) is 9.97 Å². The number of methoxy groups -OCH3 is 1. The molecule has 1 aliphatic heterocycles. The molecular formula is C22H27N5O2. The molecule has 3 aromatic heterocycles. The van der Waals surface area contributed by atoms with Crippen molar-refractivity contribution in [2.75, 3.05) is 26.8 Å². The summed E-state index contributed by atoms with van der Waals surface area (Å²) in [6.45, 7) is 4.28. The predicted octanol–water partition coefficient (Wildman–Crippen LogP) is 2.98. The maximum atomic E-state index is 12.5. The van der Waals surface area contributed by atoms with Crippen molar-refractivity contribution in [1.29, 1.82) is 0 Å². The van der Waals surface area contributed by atoms with Crippen molar-refractivity contribution in [2.45, 2.75) is 38.1 Å². The second-order valence-electron chi connectivity index (χ2n) is 7.68. The van der Waals surface area contributed by atoms with Gasteiger partial charge in [0, 0.05) is 57.5 Å². The largest absolute Gasteiger partial charge is 0.383 e. The van der Waals surface area contributed by atoms with E-state index in [1.165, 1.54) is 5.56 Å². The number of amides is 1. The summed E-state index contributed by atoms with van der Waals surface area (Å²) in [5, 5.41) is 0. The smallest absolute Gasteiger partial charge is 0.222 e. The van der Waals surface area contributed by atoms with Gasteiger partial charge in [-0.1, -0.05) is 6.07 Å². The molecule has 0 bridgehead atoms. The van der Waals surface area contributed by atoms with Crippen LogP contribution < -0.4 is 0 Å². The maximum Gasteiger partial charge on any atom is 0.222 e. The maximum absolute atomic E-state index is 12.5. The molecule has 7 nitrogen and oxygen atoms in total. The van der Waals surface area contributed by atoms with Crippen LogP contribution in [0.2, 0.25) is 0 Å². The van der Waals surface area contributed by atoms with E-state index in [9.17, 15) is 4.79 Å². The van der Waals surface area contributed by atoms with Crippen molar-refractivity contribution in [3.63, 3.8) is 0 Å². The van der Waals surface area contributed by atoms with Crippen LogP contribution >= 0.6 is 0 Å². The summed E-state index contributed by atoms with van der Waals surface area (Å²) in [6.07, 6.45) is 7.52. The van der Waals surface area contributed by atoms with E-state index in [0.29, 0.717) is 18.9 Å². The Morgan fingerprint density at radius 2 is 2.10 bits per heavy atom. The lowest BCUT2D eigenvalue weighted by atomic mass is 9.92. The molecule has 29 heavy (non-hydrogen) atoms. The fraction of sp³-hybridized carbons (Fsp3) is 0.455. The highest BCUT2D eigenvalue weighted by atomic mass is 16.5. The molecular weight excluding hydrogens is 366 g/mol. The predicted molar refractivity (Wildman–Crippen MR) is 111 cm³/mol. The number of imidazole rings is 1. The van der Waals surface area contributed by atoms with Crippen LogP contribution in [0.4, 0.5) is 0 Å². The summed E-state index contributed by atoms with van der Waals surface area (Å²) in [6, 6.07) is 8.05. The number of aromatic nitrogens is 4. The Bertz CT molecular complexity index is 966. The number of aryl methyl sites for hydroxylation is 1. The van der Waals surface area contributed by atoms with Crippen LogP contribution in [0.3, 0.4) is 0 Å². The molecule has 1 amide bonds. The molecule has 0 aliphatic carbocycles. The first-order valence-electron chi connectivity index (χ1n) is 10.2. The third kappa shape index (κ3) is 4.15. The van der Waals surface area contributed by atoms with Gasteiger partial charge in [0.25, 0.3) is 0 Å². The molecule has 3 aromatic rings. The minimum absolute atomic E-state index is 0.140. The number of ether oxygens (including phenoxy) is 1. The third-order valence-corrected chi connectivity index (χ3v) is 5.55. The first-order chi connectivity index (χ1) is 14.2. The van der Waals surface area contributed by atoms with Crippen molar-refractivity contribution < 1.29 is 9.53 Å². The quantitative estimate of drug-likeness (QED) is 0.588. The lowest BCUT2D eigenvalue weighted by Crippen LogP contribution is -2.48. The lowest BCUT2D eigenvalue weighted by Gasteiger charge is -2.39. The van der Waals surface area contributed by atoms with Crippen molar-refractivity contribution in [1.82, 2.24) is 24.4 Å². The average molecular weight is 393 g/mol. The fourth-order valence-corrected chi connectivity index (χ4v) is 4.00. The topological polar surface area (TPSA) is 73.1 Å². The normalized spacial score (nSPS) is 15.4. The van der Waals surface area contributed by atoms with Gasteiger partial charge in [0.05, 0.1) is 12.6 Å². The minimum Gasteiger partial charge on any atom is -0.383 e. The standard InChI is InChI=1S/C22H27N5O2/c1-16(15-29-2)27-20(25-19-7-5-11-24-22(19)27)8-3-9-21(28)26-13-18(14-26)17-6-4-10-23-12-17/h4-7,10-12,16,18H,3,8-9,13-15H2,1-2H3. The summed E-state index contributed by atoms with van der Waals surface area (Å²) >= 11 is 0. The van der Waals surface area contributed by atoms with Gasteiger partial charge < -0.3 is 14.2 Å². The summed E-state index contributed by atoms with van der Waals surface area (Å²) in [5.74, 6) is 1.60. The van der Waals surface area contributed by atoms with Crippen LogP contribution in [-0.2, 0) is 16.0 Å². The van der Waals surface area contributed by atoms with Crippen molar-refractivity contribution >= 4 is 17.1 Å². The third-order valence-electron chi connectivity index (χ3n) is 5.55. The van der Waals surface area contributed by atoms with E-state index >= 15 is 0 Å². The van der Waals surface area contributed by atoms with Crippen LogP contribution in [-0.4, -0.2) is 57.1 Å². The molecule has 0 saturated carbocycles. The zero-order valence-corrected chi connectivity index (χ0v) is 17.0. The summed E-state index contributed by atoms with van der Waals surface area (Å²) in [5.41, 5.74) is 2.98. The van der Waals surface area contributed by atoms with Crippen molar-refractivity contribution in [2.24, 2.45) is 0 Å². The van der Waals surface area contributed by atoms with E-state index in [2.05, 4.69) is 27.5 Å². The number of carbonyl (C=O) groups is 1. The molecule has 1 atom stereocenters. The highest BCUT2D eigenvalue weighted by Gasteiger charge is 2.31. The van der Waals surface area contributed by atoms with E-state index < -0.39 is 0 Å². The minimum atomic E-state index is 0.140. The van der Waals surface area contributed by atoms with Crippen LogP contribution in [0, 0.1) is 0 Å². The van der Waals surface area contributed by atoms with E-state index in [0.717, 1.165) is 42.9 Å². The molecule has 7 heteroatoms. The second kappa shape index (κ2) is 8.69. The summed E-state index contributed by atoms with van der Waals surface area (Å²) < 4.78 is 7.48. The Kier molecular flexibility index (Phi) is 5.85. The van der Waals surface area contributed by atoms with Gasteiger partial charge in [0.1, 0.15) is 11.3 Å². The number of fused-ring (bicyclic) bond motifs is 1. The van der Waals surface area contributed by atoms with Crippen LogP contribution in [0.1, 0.15) is 43.1 Å². The molecule has 4 rings (SSSR count). The monoisotopic (exact) mass is 393 g/mol. The summed E-state index contributed by atoms with van der Waals surface area (Å²) in [4.78, 5) is 27.9. The molecule has 152 valence electrons. The Morgan fingerprint density at radius 1 is 1.28 bits per heavy atom. The molecule has 1 aliphatic rings. The number of rotatable bonds is 8. The molecule has 1 fully saturated rings. The molecule has 0 spiro atoms. The Labute approximate surface area is 170 Å². The Morgan fingerprint density at radius 3 is 2.86 bits per heavy atom. The first kappa shape index (κ1) is 19.5. The number of pyridine rings is 2. The number of hydrogen-bond donors (Lipinski definition) is 0. The molecule has 0 aromatic carbocycles. The molecule has 0 N–H and O–H groups in total. The molecule has 0 radical (unpaired) electrons. The first-order valence-corrected chi connectivity index (χ1v) is 10.2. The fourth-order valence-electron chi connectivity index (χ4n) is 4.00. The SMILES string of the molecule is COCC(C)n1c(CCCC(=O)N2CC(c3cccnc3)C2)nc2cccnc21. The van der Waals surface area contributed by atoms with Crippen molar-refractivity contribution in [3.8, 4) is 0 Å². The number of hydrogen-bond acceptors (Lipinski definition) is 5. The van der Waals surface area contributed by atoms with Crippen LogP contribution in [0.5, 0.6) is 0 Å². The number of carbonyl (C=O) groups excluding carboxylic acids is 1. The molecule has 1 saturated heterocycles. The number of nitrogens with zero attached hydrogens (tertiary/aromatic N) is 5. The van der Waals surface area contributed by atoms with Crippen molar-refractivity contribution in [3.05, 3.63) is 54.2 Å². The van der Waals surface area contributed by atoms with E-state index in [1.807, 2.05) is 29.3 Å². The van der Waals surface area contributed by atoms with Gasteiger partial charge in [-0.15, -0.1) is 0 Å². The van der Waals surface area contributed by atoms with Gasteiger partial charge in [-0.05, 0) is 37.1 Å². The lowest BCUT2D eigenvalue weighted by molar-refractivity contribution is -0.135. The van der Waals surface area contributed by atoms with Gasteiger partial charge in [-0.2, -0.15) is 0 Å². The Balaban J connectivity index is 1.34. The van der Waals surface area contributed by atoms with E-state index in [1.54, 1.807) is 19.5 Å². The van der Waals surface area contributed by atoms with Crippen LogP contribution in [0.25, 0.3) is 11.2 Å². The number of likely N-dealkylation sites (tertiary alicyclic amines) is 1. The highest BCUT2D eigenvalue weighted by Crippen LogP contribution is 2.27. The zero-order valence-electron chi connectivity index (χ0n) is 17.0. The molecule has 1 unspecified atom stereocenters. The summed E-state index contributed by atoms with van der Waals surface area (Å²) in [7, 11) is 1.70. The van der Waals surface area contributed by atoms with E-state index in [-0.39, 0.29) is 11.9 Å². The highest BCUT2D eigenvalue weighted by molar-refractivity contribution is 5.77. The zero-order chi connectivity index (χ0) is 20.2. The van der Waals surface area contributed by atoms with Gasteiger partial charge in [-0.3, -0.25) is 9.78 Å². The average Bonchev–Trinajstić information content (AvgIpc) is 3.06. The van der Waals surface area contributed by atoms with E-state index in [4.69, 9.17) is 9.72 Å².